The lowest BCUT2D eigenvalue weighted by atomic mass is 9.87. The van der Waals surface area contributed by atoms with Gasteiger partial charge in [0.05, 0.1) is 0 Å². The Morgan fingerprint density at radius 3 is 1.39 bits per heavy atom. The maximum absolute atomic E-state index is 13.2. The van der Waals surface area contributed by atoms with E-state index < -0.39 is 11.8 Å². The topological polar surface area (TPSA) is 46.0 Å². The summed E-state index contributed by atoms with van der Waals surface area (Å²) in [6, 6.07) is 4.53. The highest BCUT2D eigenvalue weighted by atomic mass is 19.4. The summed E-state index contributed by atoms with van der Waals surface area (Å²) < 4.78 is 39.6. The van der Waals surface area contributed by atoms with E-state index in [4.69, 9.17) is 0 Å². The first kappa shape index (κ1) is 12.5. The number of nitrogens with zero attached hydrogens (tertiary/aromatic N) is 2. The van der Waals surface area contributed by atoms with Gasteiger partial charge in [-0.05, 0) is 24.3 Å². The Balaban J connectivity index is 2.63. The van der Waals surface area contributed by atoms with E-state index in [0.29, 0.717) is 0 Å². The Morgan fingerprint density at radius 2 is 1.11 bits per heavy atom. The second-order valence-corrected chi connectivity index (χ2v) is 3.68. The van der Waals surface area contributed by atoms with Gasteiger partial charge in [0.2, 0.25) is 5.60 Å². The molecule has 18 heavy (non-hydrogen) atoms. The van der Waals surface area contributed by atoms with Crippen LogP contribution in [0.2, 0.25) is 0 Å². The van der Waals surface area contributed by atoms with E-state index in [1.54, 1.807) is 0 Å². The van der Waals surface area contributed by atoms with Crippen LogP contribution in [0.25, 0.3) is 0 Å². The molecule has 0 radical (unpaired) electrons. The predicted molar refractivity (Wildman–Crippen MR) is 57.5 cm³/mol. The third kappa shape index (κ3) is 1.95. The summed E-state index contributed by atoms with van der Waals surface area (Å²) >= 11 is 0. The Labute approximate surface area is 101 Å². The number of hydrogen-bond donors (Lipinski definition) is 1. The van der Waals surface area contributed by atoms with E-state index in [9.17, 15) is 18.3 Å². The van der Waals surface area contributed by atoms with Crippen molar-refractivity contribution in [3.05, 3.63) is 60.2 Å². The third-order valence-corrected chi connectivity index (χ3v) is 2.61. The van der Waals surface area contributed by atoms with Crippen LogP contribution in [0.15, 0.2) is 49.1 Å². The molecular formula is C12H9F3N2O. The fourth-order valence-electron chi connectivity index (χ4n) is 1.68. The third-order valence-electron chi connectivity index (χ3n) is 2.61. The zero-order valence-electron chi connectivity index (χ0n) is 9.09. The van der Waals surface area contributed by atoms with Crippen LogP contribution >= 0.6 is 0 Å². The Kier molecular flexibility index (Phi) is 3.04. The monoisotopic (exact) mass is 254 g/mol. The largest absolute Gasteiger partial charge is 0.425 e. The minimum Gasteiger partial charge on any atom is -0.372 e. The average Bonchev–Trinajstić information content (AvgIpc) is 2.38. The molecule has 3 nitrogen and oxygen atoms in total. The normalized spacial score (nSPS) is 12.4. The van der Waals surface area contributed by atoms with E-state index in [-0.39, 0.29) is 11.1 Å². The van der Waals surface area contributed by atoms with Gasteiger partial charge in [0.1, 0.15) is 0 Å². The molecule has 0 spiro atoms. The second kappa shape index (κ2) is 4.38. The van der Waals surface area contributed by atoms with Crippen LogP contribution in [-0.2, 0) is 5.60 Å². The van der Waals surface area contributed by atoms with Crippen molar-refractivity contribution in [2.24, 2.45) is 0 Å². The van der Waals surface area contributed by atoms with E-state index in [0.717, 1.165) is 24.3 Å². The Bertz CT molecular complexity index is 474. The van der Waals surface area contributed by atoms with Crippen molar-refractivity contribution >= 4 is 0 Å². The number of hydrogen-bond acceptors (Lipinski definition) is 3. The minimum absolute atomic E-state index is 0.281. The van der Waals surface area contributed by atoms with E-state index in [2.05, 4.69) is 9.97 Å². The molecule has 0 atom stereocenters. The van der Waals surface area contributed by atoms with Crippen molar-refractivity contribution in [2.75, 3.05) is 0 Å². The van der Waals surface area contributed by atoms with E-state index in [1.807, 2.05) is 0 Å². The molecule has 0 amide bonds. The molecule has 0 aliphatic carbocycles. The van der Waals surface area contributed by atoms with Crippen molar-refractivity contribution in [3.63, 3.8) is 0 Å². The number of pyridine rings is 2. The Hall–Kier alpha value is -1.95. The summed E-state index contributed by atoms with van der Waals surface area (Å²) in [6.07, 6.45) is -0.0311. The lowest BCUT2D eigenvalue weighted by molar-refractivity contribution is -0.248. The van der Waals surface area contributed by atoms with Gasteiger partial charge in [-0.25, -0.2) is 0 Å². The van der Waals surface area contributed by atoms with Crippen LogP contribution in [0.5, 0.6) is 0 Å². The van der Waals surface area contributed by atoms with Gasteiger partial charge in [-0.15, -0.1) is 0 Å². The Morgan fingerprint density at radius 1 is 0.778 bits per heavy atom. The number of alkyl halides is 3. The molecule has 2 aromatic heterocycles. The summed E-state index contributed by atoms with van der Waals surface area (Å²) in [5.74, 6) is 0. The molecule has 2 rings (SSSR count). The fourth-order valence-corrected chi connectivity index (χ4v) is 1.68. The lowest BCUT2D eigenvalue weighted by Gasteiger charge is -2.31. The molecule has 0 saturated heterocycles. The van der Waals surface area contributed by atoms with Crippen LogP contribution in [0, 0.1) is 0 Å². The molecule has 0 unspecified atom stereocenters. The summed E-state index contributed by atoms with van der Waals surface area (Å²) in [7, 11) is 0. The first-order valence-corrected chi connectivity index (χ1v) is 5.06. The van der Waals surface area contributed by atoms with Gasteiger partial charge in [-0.2, -0.15) is 13.2 Å². The number of aromatic nitrogens is 2. The van der Waals surface area contributed by atoms with Gasteiger partial charge in [-0.3, -0.25) is 9.97 Å². The molecule has 2 aromatic rings. The van der Waals surface area contributed by atoms with E-state index >= 15 is 0 Å². The molecular weight excluding hydrogens is 245 g/mol. The number of rotatable bonds is 2. The summed E-state index contributed by atoms with van der Waals surface area (Å²) in [5, 5.41) is 10.1. The van der Waals surface area contributed by atoms with Crippen molar-refractivity contribution in [1.82, 2.24) is 9.97 Å². The number of halogens is 3. The fraction of sp³-hybridized carbons (Fsp3) is 0.167. The molecule has 1 N–H and O–H groups in total. The summed E-state index contributed by atoms with van der Waals surface area (Å²) in [4.78, 5) is 7.29. The molecule has 0 saturated carbocycles. The highest BCUT2D eigenvalue weighted by Gasteiger charge is 2.56. The predicted octanol–water partition coefficient (Wildman–Crippen LogP) is 2.27. The molecule has 0 bridgehead atoms. The molecule has 6 heteroatoms. The molecule has 0 aliphatic heterocycles. The van der Waals surface area contributed by atoms with Crippen molar-refractivity contribution in [1.29, 1.82) is 0 Å². The lowest BCUT2D eigenvalue weighted by Crippen LogP contribution is -2.43. The van der Waals surface area contributed by atoms with Crippen molar-refractivity contribution in [3.8, 4) is 0 Å². The van der Waals surface area contributed by atoms with Gasteiger partial charge in [-0.1, -0.05) is 0 Å². The van der Waals surface area contributed by atoms with Gasteiger partial charge in [0, 0.05) is 35.9 Å². The minimum atomic E-state index is -4.84. The second-order valence-electron chi connectivity index (χ2n) is 3.68. The first-order valence-electron chi connectivity index (χ1n) is 5.06. The van der Waals surface area contributed by atoms with Gasteiger partial charge >= 0.3 is 6.18 Å². The molecule has 0 fully saturated rings. The molecule has 94 valence electrons. The van der Waals surface area contributed by atoms with Crippen LogP contribution < -0.4 is 0 Å². The van der Waals surface area contributed by atoms with Crippen LogP contribution in [0.4, 0.5) is 13.2 Å². The zero-order chi connectivity index (χ0) is 13.2. The standard InChI is InChI=1S/C12H9F3N2O/c13-12(14,15)11(18,9-1-5-16-6-2-9)10-3-7-17-8-4-10/h1-8,18H. The van der Waals surface area contributed by atoms with Gasteiger partial charge < -0.3 is 5.11 Å². The molecule has 2 heterocycles. The summed E-state index contributed by atoms with van der Waals surface area (Å²) in [6.45, 7) is 0. The molecule has 0 aromatic carbocycles. The number of aliphatic hydroxyl groups is 1. The van der Waals surface area contributed by atoms with Crippen LogP contribution in [-0.4, -0.2) is 21.3 Å². The van der Waals surface area contributed by atoms with Crippen molar-refractivity contribution in [2.45, 2.75) is 11.8 Å². The van der Waals surface area contributed by atoms with Gasteiger partial charge in [0.25, 0.3) is 0 Å². The summed E-state index contributed by atoms with van der Waals surface area (Å²) in [5.41, 5.74) is -3.62. The molecule has 0 aliphatic rings. The smallest absolute Gasteiger partial charge is 0.372 e. The first-order chi connectivity index (χ1) is 8.46. The van der Waals surface area contributed by atoms with Crippen molar-refractivity contribution < 1.29 is 18.3 Å². The maximum atomic E-state index is 13.2. The maximum Gasteiger partial charge on any atom is 0.425 e. The quantitative estimate of drug-likeness (QED) is 0.894. The zero-order valence-corrected chi connectivity index (χ0v) is 9.09. The van der Waals surface area contributed by atoms with Crippen LogP contribution in [0.1, 0.15) is 11.1 Å². The van der Waals surface area contributed by atoms with Gasteiger partial charge in [0.15, 0.2) is 0 Å². The highest BCUT2D eigenvalue weighted by Crippen LogP contribution is 2.43. The SMILES string of the molecule is OC(c1ccncc1)(c1ccncc1)C(F)(F)F. The highest BCUT2D eigenvalue weighted by molar-refractivity contribution is 5.35. The van der Waals surface area contributed by atoms with E-state index in [1.165, 1.54) is 24.8 Å². The average molecular weight is 254 g/mol. The van der Waals surface area contributed by atoms with Crippen LogP contribution in [0.3, 0.4) is 0 Å².